The van der Waals surface area contributed by atoms with Gasteiger partial charge in [-0.15, -0.1) is 11.8 Å². The lowest BCUT2D eigenvalue weighted by atomic mass is 10.1. The highest BCUT2D eigenvalue weighted by atomic mass is 79.9. The first-order chi connectivity index (χ1) is 8.27. The first-order valence-corrected chi connectivity index (χ1v) is 7.19. The molecule has 0 saturated heterocycles. The number of halogens is 1. The molecular weight excluding hydrogens is 302 g/mol. The average molecular weight is 314 g/mol. The van der Waals surface area contributed by atoms with Gasteiger partial charge in [0.15, 0.2) is 0 Å². The number of aromatic nitrogens is 1. The maximum atomic E-state index is 5.69. The fourth-order valence-electron chi connectivity index (χ4n) is 1.58. The molecule has 0 aliphatic carbocycles. The minimum Gasteiger partial charge on any atom is -0.492 e. The van der Waals surface area contributed by atoms with Gasteiger partial charge < -0.3 is 9.26 Å². The molecule has 0 aliphatic rings. The van der Waals surface area contributed by atoms with Crippen molar-refractivity contribution in [1.29, 1.82) is 0 Å². The Balaban J connectivity index is 2.63. The lowest BCUT2D eigenvalue weighted by Gasteiger charge is -2.13. The number of hydrogen-bond donors (Lipinski definition) is 0. The monoisotopic (exact) mass is 313 g/mol. The molecule has 90 valence electrons. The van der Waals surface area contributed by atoms with Crippen LogP contribution in [-0.2, 0) is 0 Å². The molecular formula is C12H12BrNO2S. The van der Waals surface area contributed by atoms with Gasteiger partial charge in [-0.2, -0.15) is 0 Å². The van der Waals surface area contributed by atoms with Crippen molar-refractivity contribution in [3.63, 3.8) is 0 Å². The van der Waals surface area contributed by atoms with E-state index in [0.717, 1.165) is 26.4 Å². The average Bonchev–Trinajstić information content (AvgIpc) is 2.85. The van der Waals surface area contributed by atoms with E-state index >= 15 is 0 Å². The molecule has 1 aromatic carbocycles. The second-order valence-electron chi connectivity index (χ2n) is 3.27. The van der Waals surface area contributed by atoms with E-state index in [1.165, 1.54) is 0 Å². The molecule has 0 N–H and O–H groups in total. The van der Waals surface area contributed by atoms with Crippen LogP contribution in [0.1, 0.15) is 6.92 Å². The van der Waals surface area contributed by atoms with Crippen LogP contribution >= 0.6 is 27.7 Å². The molecule has 0 unspecified atom stereocenters. The SMILES string of the molecule is CCOc1c(Br)ccc(SC)c1-c1ccon1. The molecule has 0 atom stereocenters. The van der Waals surface area contributed by atoms with Gasteiger partial charge in [0, 0.05) is 11.0 Å². The predicted molar refractivity (Wildman–Crippen MR) is 72.6 cm³/mol. The molecule has 5 heteroatoms. The van der Waals surface area contributed by atoms with E-state index in [-0.39, 0.29) is 0 Å². The van der Waals surface area contributed by atoms with Crippen LogP contribution in [0, 0.1) is 0 Å². The summed E-state index contributed by atoms with van der Waals surface area (Å²) in [4.78, 5) is 1.12. The lowest BCUT2D eigenvalue weighted by molar-refractivity contribution is 0.338. The third-order valence-electron chi connectivity index (χ3n) is 2.27. The first-order valence-electron chi connectivity index (χ1n) is 5.18. The van der Waals surface area contributed by atoms with Crippen molar-refractivity contribution < 1.29 is 9.26 Å². The number of rotatable bonds is 4. The van der Waals surface area contributed by atoms with Gasteiger partial charge in [0.05, 0.1) is 16.6 Å². The molecule has 0 spiro atoms. The van der Waals surface area contributed by atoms with Crippen LogP contribution in [0.2, 0.25) is 0 Å². The van der Waals surface area contributed by atoms with E-state index in [1.54, 1.807) is 18.0 Å². The van der Waals surface area contributed by atoms with Crippen LogP contribution in [0.3, 0.4) is 0 Å². The minimum absolute atomic E-state index is 0.612. The van der Waals surface area contributed by atoms with Gasteiger partial charge in [-0.1, -0.05) is 5.16 Å². The second kappa shape index (κ2) is 5.60. The van der Waals surface area contributed by atoms with Crippen LogP contribution in [-0.4, -0.2) is 18.0 Å². The third-order valence-corrected chi connectivity index (χ3v) is 3.68. The summed E-state index contributed by atoms with van der Waals surface area (Å²) in [5, 5.41) is 3.99. The Hall–Kier alpha value is -0.940. The van der Waals surface area contributed by atoms with E-state index < -0.39 is 0 Å². The van der Waals surface area contributed by atoms with Crippen LogP contribution in [0.4, 0.5) is 0 Å². The number of benzene rings is 1. The smallest absolute Gasteiger partial charge is 0.144 e. The summed E-state index contributed by atoms with van der Waals surface area (Å²) in [7, 11) is 0. The van der Waals surface area contributed by atoms with Crippen molar-refractivity contribution in [3.8, 4) is 17.0 Å². The predicted octanol–water partition coefficient (Wildman–Crippen LogP) is 4.22. The molecule has 1 aromatic heterocycles. The fourth-order valence-corrected chi connectivity index (χ4v) is 2.63. The summed E-state index contributed by atoms with van der Waals surface area (Å²) in [5.41, 5.74) is 1.77. The topological polar surface area (TPSA) is 35.3 Å². The molecule has 0 fully saturated rings. The molecule has 2 rings (SSSR count). The molecule has 3 nitrogen and oxygen atoms in total. The highest BCUT2D eigenvalue weighted by Gasteiger charge is 2.17. The summed E-state index contributed by atoms with van der Waals surface area (Å²) in [6.07, 6.45) is 3.60. The minimum atomic E-state index is 0.612. The standard InChI is InChI=1S/C12H12BrNO2S/c1-3-15-12-8(13)4-5-10(17-2)11(12)9-6-7-16-14-9/h4-7H,3H2,1-2H3. The van der Waals surface area contributed by atoms with E-state index in [0.29, 0.717) is 6.61 Å². The Kier molecular flexibility index (Phi) is 4.12. The van der Waals surface area contributed by atoms with Gasteiger partial charge in [-0.3, -0.25) is 0 Å². The summed E-state index contributed by atoms with van der Waals surface area (Å²) in [5.74, 6) is 0.813. The summed E-state index contributed by atoms with van der Waals surface area (Å²) < 4.78 is 11.5. The normalized spacial score (nSPS) is 10.5. The Morgan fingerprint density at radius 2 is 2.24 bits per heavy atom. The Labute approximate surface area is 113 Å². The summed E-state index contributed by atoms with van der Waals surface area (Å²) in [6.45, 7) is 2.58. The van der Waals surface area contributed by atoms with Crippen molar-refractivity contribution in [2.24, 2.45) is 0 Å². The van der Waals surface area contributed by atoms with Gasteiger partial charge >= 0.3 is 0 Å². The van der Waals surface area contributed by atoms with Gasteiger partial charge in [-0.05, 0) is 41.2 Å². The molecule has 0 bridgehead atoms. The zero-order chi connectivity index (χ0) is 12.3. The number of thioether (sulfide) groups is 1. The third kappa shape index (κ3) is 2.50. The molecule has 1 heterocycles. The summed E-state index contributed by atoms with van der Waals surface area (Å²) >= 11 is 5.16. The van der Waals surface area contributed by atoms with Crippen LogP contribution in [0.15, 0.2) is 38.4 Å². The van der Waals surface area contributed by atoms with Gasteiger partial charge in [0.2, 0.25) is 0 Å². The van der Waals surface area contributed by atoms with Crippen molar-refractivity contribution in [3.05, 3.63) is 28.9 Å². The largest absolute Gasteiger partial charge is 0.492 e. The Bertz CT molecular complexity index is 499. The highest BCUT2D eigenvalue weighted by Crippen LogP contribution is 2.41. The number of hydrogen-bond acceptors (Lipinski definition) is 4. The molecule has 0 aliphatic heterocycles. The van der Waals surface area contributed by atoms with Gasteiger partial charge in [0.1, 0.15) is 17.7 Å². The van der Waals surface area contributed by atoms with Crippen LogP contribution < -0.4 is 4.74 Å². The lowest BCUT2D eigenvalue weighted by Crippen LogP contribution is -1.97. The molecule has 0 saturated carbocycles. The zero-order valence-corrected chi connectivity index (χ0v) is 12.0. The molecule has 2 aromatic rings. The first kappa shape index (κ1) is 12.5. The maximum absolute atomic E-state index is 5.69. The number of nitrogens with zero attached hydrogens (tertiary/aromatic N) is 1. The van der Waals surface area contributed by atoms with Crippen molar-refractivity contribution in [1.82, 2.24) is 5.16 Å². The zero-order valence-electron chi connectivity index (χ0n) is 9.57. The summed E-state index contributed by atoms with van der Waals surface area (Å²) in [6, 6.07) is 5.87. The Morgan fingerprint density at radius 1 is 1.41 bits per heavy atom. The molecule has 17 heavy (non-hydrogen) atoms. The second-order valence-corrected chi connectivity index (χ2v) is 4.97. The van der Waals surface area contributed by atoms with Crippen molar-refractivity contribution in [2.45, 2.75) is 11.8 Å². The molecule has 0 radical (unpaired) electrons. The van der Waals surface area contributed by atoms with E-state index in [4.69, 9.17) is 9.26 Å². The van der Waals surface area contributed by atoms with Gasteiger partial charge in [-0.25, -0.2) is 0 Å². The number of ether oxygens (including phenoxy) is 1. The van der Waals surface area contributed by atoms with Gasteiger partial charge in [0.25, 0.3) is 0 Å². The van der Waals surface area contributed by atoms with Crippen molar-refractivity contribution >= 4 is 27.7 Å². The quantitative estimate of drug-likeness (QED) is 0.791. The van der Waals surface area contributed by atoms with E-state index in [1.807, 2.05) is 31.4 Å². The fraction of sp³-hybridized carbons (Fsp3) is 0.250. The van der Waals surface area contributed by atoms with Crippen LogP contribution in [0.5, 0.6) is 5.75 Å². The molecule has 0 amide bonds. The van der Waals surface area contributed by atoms with Crippen LogP contribution in [0.25, 0.3) is 11.3 Å². The Morgan fingerprint density at radius 3 is 2.82 bits per heavy atom. The highest BCUT2D eigenvalue weighted by molar-refractivity contribution is 9.10. The van der Waals surface area contributed by atoms with Crippen molar-refractivity contribution in [2.75, 3.05) is 12.9 Å². The van der Waals surface area contributed by atoms with E-state index in [2.05, 4.69) is 21.1 Å². The van der Waals surface area contributed by atoms with E-state index in [9.17, 15) is 0 Å². The maximum Gasteiger partial charge on any atom is 0.144 e.